The van der Waals surface area contributed by atoms with Crippen LogP contribution in [0.5, 0.6) is 0 Å². The van der Waals surface area contributed by atoms with E-state index in [9.17, 15) is 14.7 Å². The van der Waals surface area contributed by atoms with Gasteiger partial charge in [0.05, 0.1) is 21.5 Å². The zero-order valence-electron chi connectivity index (χ0n) is 19.9. The molecule has 4 heterocycles. The molecule has 3 aromatic rings. The summed E-state index contributed by atoms with van der Waals surface area (Å²) in [4.78, 5) is 38.8. The number of nitrogens with one attached hydrogen (secondary N) is 3. The Balaban J connectivity index is 1.36. The van der Waals surface area contributed by atoms with Crippen LogP contribution in [0.1, 0.15) is 52.9 Å². The van der Waals surface area contributed by atoms with Crippen molar-refractivity contribution in [2.24, 2.45) is 0 Å². The summed E-state index contributed by atoms with van der Waals surface area (Å²) in [6.07, 6.45) is 3.18. The molecule has 2 aliphatic heterocycles. The first kappa shape index (κ1) is 24.9. The third kappa shape index (κ3) is 5.19. The van der Waals surface area contributed by atoms with Gasteiger partial charge in [-0.05, 0) is 37.8 Å². The number of aromatic carboxylic acids is 1. The van der Waals surface area contributed by atoms with Gasteiger partial charge in [-0.1, -0.05) is 35.9 Å². The Labute approximate surface area is 217 Å². The summed E-state index contributed by atoms with van der Waals surface area (Å²) in [5.41, 5.74) is 1.68. The van der Waals surface area contributed by atoms with Crippen LogP contribution in [-0.4, -0.2) is 76.4 Å². The van der Waals surface area contributed by atoms with E-state index in [1.54, 1.807) is 12.1 Å². The number of amides is 1. The molecule has 4 N–H and O–H groups in total. The predicted molar refractivity (Wildman–Crippen MR) is 138 cm³/mol. The van der Waals surface area contributed by atoms with Crippen LogP contribution < -0.4 is 15.5 Å². The minimum absolute atomic E-state index is 0.0344. The normalized spacial score (nSPS) is 21.1. The monoisotopic (exact) mass is 532 g/mol. The molecular weight excluding hydrogens is 504 g/mol. The number of H-pyrrole nitrogens is 1. The average molecular weight is 533 g/mol. The van der Waals surface area contributed by atoms with Crippen LogP contribution in [0.15, 0.2) is 18.2 Å². The highest BCUT2D eigenvalue weighted by molar-refractivity contribution is 7.22. The maximum atomic E-state index is 13.0. The first-order chi connectivity index (χ1) is 17.4. The number of rotatable bonds is 7. The van der Waals surface area contributed by atoms with E-state index in [-0.39, 0.29) is 29.4 Å². The Morgan fingerprint density at radius 3 is 2.78 bits per heavy atom. The second-order valence-electron chi connectivity index (χ2n) is 9.14. The molecule has 2 aliphatic rings. The van der Waals surface area contributed by atoms with Crippen LogP contribution >= 0.6 is 22.9 Å². The molecule has 0 unspecified atom stereocenters. The van der Waals surface area contributed by atoms with Crippen molar-refractivity contribution in [3.8, 4) is 0 Å². The molecule has 1 aromatic carbocycles. The van der Waals surface area contributed by atoms with Gasteiger partial charge >= 0.3 is 5.97 Å². The largest absolute Gasteiger partial charge is 0.478 e. The summed E-state index contributed by atoms with van der Waals surface area (Å²) in [6, 6.07) is 5.31. The van der Waals surface area contributed by atoms with Crippen LogP contribution in [0.25, 0.3) is 10.2 Å². The summed E-state index contributed by atoms with van der Waals surface area (Å²) < 4.78 is 6.19. The van der Waals surface area contributed by atoms with Crippen LogP contribution in [0.2, 0.25) is 5.15 Å². The van der Waals surface area contributed by atoms with Crippen LogP contribution in [-0.2, 0) is 11.2 Å². The second kappa shape index (κ2) is 10.7. The quantitative estimate of drug-likeness (QED) is 0.365. The molecule has 0 aliphatic carbocycles. The molecule has 5 rings (SSSR count). The molecule has 2 aromatic heterocycles. The number of hydrogen-bond acceptors (Lipinski definition) is 8. The van der Waals surface area contributed by atoms with Crippen molar-refractivity contribution >= 4 is 50.2 Å². The van der Waals surface area contributed by atoms with Gasteiger partial charge in [0.15, 0.2) is 16.1 Å². The molecule has 2 saturated heterocycles. The van der Waals surface area contributed by atoms with E-state index in [1.807, 2.05) is 13.0 Å². The molecule has 192 valence electrons. The number of carbonyl (C=O) groups is 2. The first-order valence-electron chi connectivity index (χ1n) is 12.2. The standard InChI is InChI=1S/C24H29ClN6O4S/c1-2-15-20(25)30-21(27-15)22(32)28-16-6-9-31(12-18(16)26-13-7-10-35-11-8-13)24-29-17-5-3-4-14(23(33)34)19(17)36-24/h3-5,13,16,18,26H,2,6-12H2,1H3,(H,27,30)(H,28,32)(H,33,34)/t16-,18+/m0/s1. The molecule has 2 atom stereocenters. The smallest absolute Gasteiger partial charge is 0.337 e. The van der Waals surface area contributed by atoms with Gasteiger partial charge < -0.3 is 30.4 Å². The number of fused-ring (bicyclic) bond motifs is 1. The lowest BCUT2D eigenvalue weighted by Gasteiger charge is -2.41. The van der Waals surface area contributed by atoms with E-state index >= 15 is 0 Å². The number of ether oxygens (including phenoxy) is 1. The summed E-state index contributed by atoms with van der Waals surface area (Å²) in [6.45, 7) is 4.69. The Morgan fingerprint density at radius 1 is 1.25 bits per heavy atom. The van der Waals surface area contributed by atoms with Crippen molar-refractivity contribution in [2.45, 2.75) is 50.7 Å². The Morgan fingerprint density at radius 2 is 2.06 bits per heavy atom. The fourth-order valence-corrected chi connectivity index (χ4v) is 6.21. The van der Waals surface area contributed by atoms with Crippen molar-refractivity contribution in [1.29, 1.82) is 0 Å². The molecular formula is C24H29ClN6O4S. The van der Waals surface area contributed by atoms with E-state index in [0.717, 1.165) is 23.7 Å². The summed E-state index contributed by atoms with van der Waals surface area (Å²) in [5, 5.41) is 17.6. The molecule has 0 spiro atoms. The van der Waals surface area contributed by atoms with E-state index < -0.39 is 5.97 Å². The number of benzene rings is 1. The van der Waals surface area contributed by atoms with E-state index in [0.29, 0.717) is 60.6 Å². The summed E-state index contributed by atoms with van der Waals surface area (Å²) in [5.74, 6) is -1.02. The maximum absolute atomic E-state index is 13.0. The molecule has 1 amide bonds. The van der Waals surface area contributed by atoms with Crippen LogP contribution in [0.3, 0.4) is 0 Å². The zero-order valence-corrected chi connectivity index (χ0v) is 21.5. The number of carboxylic acids is 1. The van der Waals surface area contributed by atoms with Crippen molar-refractivity contribution in [3.05, 3.63) is 40.4 Å². The predicted octanol–water partition coefficient (Wildman–Crippen LogP) is 3.08. The third-order valence-corrected chi connectivity index (χ3v) is 8.28. The Kier molecular flexibility index (Phi) is 7.42. The fraction of sp³-hybridized carbons (Fsp3) is 0.500. The highest BCUT2D eigenvalue weighted by Gasteiger charge is 2.34. The van der Waals surface area contributed by atoms with Gasteiger partial charge in [0, 0.05) is 44.4 Å². The van der Waals surface area contributed by atoms with Gasteiger partial charge in [0.25, 0.3) is 5.91 Å². The zero-order chi connectivity index (χ0) is 25.2. The van der Waals surface area contributed by atoms with Gasteiger partial charge in [-0.2, -0.15) is 0 Å². The van der Waals surface area contributed by atoms with Crippen LogP contribution in [0.4, 0.5) is 5.13 Å². The number of carbonyl (C=O) groups excluding carboxylic acids is 1. The topological polar surface area (TPSA) is 132 Å². The average Bonchev–Trinajstić information content (AvgIpc) is 3.49. The van der Waals surface area contributed by atoms with E-state index in [2.05, 4.69) is 25.5 Å². The molecule has 2 fully saturated rings. The second-order valence-corrected chi connectivity index (χ2v) is 10.5. The lowest BCUT2D eigenvalue weighted by atomic mass is 9.97. The third-order valence-electron chi connectivity index (χ3n) is 6.80. The van der Waals surface area contributed by atoms with E-state index in [4.69, 9.17) is 21.3 Å². The number of piperidine rings is 1. The number of anilines is 1. The van der Waals surface area contributed by atoms with Crippen LogP contribution in [0, 0.1) is 0 Å². The number of hydrogen-bond donors (Lipinski definition) is 4. The Hall–Kier alpha value is -2.73. The number of nitrogens with zero attached hydrogens (tertiary/aromatic N) is 3. The SMILES string of the molecule is CCc1[nH]c(C(=O)N[C@H]2CCN(c3nc4cccc(C(=O)O)c4s3)C[C@H]2NC2CCOCC2)nc1Cl. The van der Waals surface area contributed by atoms with Gasteiger partial charge in [-0.15, -0.1) is 0 Å². The molecule has 10 nitrogen and oxygen atoms in total. The molecule has 36 heavy (non-hydrogen) atoms. The molecule has 0 bridgehead atoms. The van der Waals surface area contributed by atoms with Crippen molar-refractivity contribution in [1.82, 2.24) is 25.6 Å². The lowest BCUT2D eigenvalue weighted by molar-refractivity contribution is 0.0698. The number of carboxylic acid groups (broad SMARTS) is 1. The van der Waals surface area contributed by atoms with Gasteiger partial charge in [0.1, 0.15) is 0 Å². The maximum Gasteiger partial charge on any atom is 0.337 e. The van der Waals surface area contributed by atoms with Crippen molar-refractivity contribution < 1.29 is 19.4 Å². The number of aryl methyl sites for hydroxylation is 1. The van der Waals surface area contributed by atoms with Gasteiger partial charge in [-0.3, -0.25) is 4.79 Å². The summed E-state index contributed by atoms with van der Waals surface area (Å²) >= 11 is 7.54. The molecule has 0 radical (unpaired) electrons. The molecule has 0 saturated carbocycles. The fourth-order valence-electron chi connectivity index (χ4n) is 4.84. The van der Waals surface area contributed by atoms with Crippen molar-refractivity contribution in [3.63, 3.8) is 0 Å². The number of imidazole rings is 1. The lowest BCUT2D eigenvalue weighted by Crippen LogP contribution is -2.62. The molecule has 12 heteroatoms. The highest BCUT2D eigenvalue weighted by atomic mass is 35.5. The highest BCUT2D eigenvalue weighted by Crippen LogP contribution is 2.33. The number of aromatic nitrogens is 3. The van der Waals surface area contributed by atoms with Gasteiger partial charge in [-0.25, -0.2) is 14.8 Å². The number of aromatic amines is 1. The van der Waals surface area contributed by atoms with Crippen molar-refractivity contribution in [2.75, 3.05) is 31.2 Å². The van der Waals surface area contributed by atoms with Gasteiger partial charge in [0.2, 0.25) is 0 Å². The summed E-state index contributed by atoms with van der Waals surface area (Å²) in [7, 11) is 0. The number of thiazole rings is 1. The number of halogens is 1. The van der Waals surface area contributed by atoms with E-state index in [1.165, 1.54) is 11.3 Å². The Bertz CT molecular complexity index is 1260. The minimum Gasteiger partial charge on any atom is -0.478 e. The first-order valence-corrected chi connectivity index (χ1v) is 13.4. The minimum atomic E-state index is -0.958.